The van der Waals surface area contributed by atoms with Crippen LogP contribution < -0.4 is 15.5 Å². The maximum atomic E-state index is 13.3. The summed E-state index contributed by atoms with van der Waals surface area (Å²) in [7, 11) is 0. The molecule has 3 aliphatic rings. The van der Waals surface area contributed by atoms with Crippen molar-refractivity contribution < 1.29 is 13.6 Å². The third-order valence-electron chi connectivity index (χ3n) is 7.73. The molecule has 0 radical (unpaired) electrons. The largest absolute Gasteiger partial charge is 0.368 e. The van der Waals surface area contributed by atoms with E-state index in [1.165, 1.54) is 6.42 Å². The van der Waals surface area contributed by atoms with Crippen molar-refractivity contribution in [2.45, 2.75) is 75.8 Å². The molecule has 3 fully saturated rings. The lowest BCUT2D eigenvalue weighted by Crippen LogP contribution is -2.49. The Balaban J connectivity index is 1.10. The highest BCUT2D eigenvalue weighted by molar-refractivity contribution is 6.43. The predicted octanol–water partition coefficient (Wildman–Crippen LogP) is 5.94. The van der Waals surface area contributed by atoms with Gasteiger partial charge in [-0.2, -0.15) is 0 Å². The second-order valence-electron chi connectivity index (χ2n) is 10.2. The van der Waals surface area contributed by atoms with Crippen LogP contribution in [-0.4, -0.2) is 61.7 Å². The van der Waals surface area contributed by atoms with E-state index in [0.29, 0.717) is 28.8 Å². The minimum atomic E-state index is -2.56. The number of rotatable bonds is 6. The molecule has 2 N–H and O–H groups in total. The number of piperazine rings is 1. The van der Waals surface area contributed by atoms with Gasteiger partial charge in [-0.25, -0.2) is 13.6 Å². The van der Waals surface area contributed by atoms with Crippen LogP contribution in [0.25, 0.3) is 0 Å². The zero-order valence-electron chi connectivity index (χ0n) is 19.7. The molecular formula is C25H36Cl2F2N4O. The Morgan fingerprint density at radius 3 is 2.21 bits per heavy atom. The normalized spacial score (nSPS) is 26.3. The van der Waals surface area contributed by atoms with Gasteiger partial charge in [-0.3, -0.25) is 4.90 Å². The molecule has 1 aliphatic heterocycles. The summed E-state index contributed by atoms with van der Waals surface area (Å²) in [4.78, 5) is 17.1. The molecule has 2 saturated carbocycles. The molecule has 34 heavy (non-hydrogen) atoms. The first-order valence-electron chi connectivity index (χ1n) is 12.7. The average Bonchev–Trinajstić information content (AvgIpc) is 2.82. The van der Waals surface area contributed by atoms with Crippen LogP contribution in [0.4, 0.5) is 19.3 Å². The summed E-state index contributed by atoms with van der Waals surface area (Å²) in [5.41, 5.74) is 1.02. The van der Waals surface area contributed by atoms with E-state index in [0.717, 1.165) is 64.1 Å². The SMILES string of the molecule is O=C(NC1CCC(CCN2CCN(c3cccc(Cl)c3Cl)CC2)CC1)NC1CCC(F)(F)CC1. The minimum absolute atomic E-state index is 0.132. The van der Waals surface area contributed by atoms with Gasteiger partial charge in [0.1, 0.15) is 0 Å². The summed E-state index contributed by atoms with van der Waals surface area (Å²) in [5, 5.41) is 7.20. The molecule has 0 atom stereocenters. The smallest absolute Gasteiger partial charge is 0.315 e. The van der Waals surface area contributed by atoms with Gasteiger partial charge < -0.3 is 15.5 Å². The average molecular weight is 517 g/mol. The molecular weight excluding hydrogens is 481 g/mol. The van der Waals surface area contributed by atoms with Crippen molar-refractivity contribution in [3.05, 3.63) is 28.2 Å². The molecule has 1 aromatic rings. The van der Waals surface area contributed by atoms with Gasteiger partial charge in [-0.15, -0.1) is 0 Å². The van der Waals surface area contributed by atoms with Crippen molar-refractivity contribution in [3.63, 3.8) is 0 Å². The van der Waals surface area contributed by atoms with Crippen LogP contribution in [0.3, 0.4) is 0 Å². The van der Waals surface area contributed by atoms with Crippen molar-refractivity contribution in [1.82, 2.24) is 15.5 Å². The third kappa shape index (κ3) is 7.11. The first-order valence-corrected chi connectivity index (χ1v) is 13.4. The molecule has 5 nitrogen and oxygen atoms in total. The fourth-order valence-corrected chi connectivity index (χ4v) is 5.92. The molecule has 190 valence electrons. The molecule has 2 amide bonds. The van der Waals surface area contributed by atoms with Crippen LogP contribution in [0, 0.1) is 5.92 Å². The fourth-order valence-electron chi connectivity index (χ4n) is 5.51. The third-order valence-corrected chi connectivity index (χ3v) is 8.54. The van der Waals surface area contributed by atoms with Crippen LogP contribution in [-0.2, 0) is 0 Å². The van der Waals surface area contributed by atoms with Crippen molar-refractivity contribution in [3.8, 4) is 0 Å². The number of nitrogens with zero attached hydrogens (tertiary/aromatic N) is 2. The second-order valence-corrected chi connectivity index (χ2v) is 10.9. The Morgan fingerprint density at radius 1 is 0.941 bits per heavy atom. The van der Waals surface area contributed by atoms with E-state index in [1.54, 1.807) is 0 Å². The Bertz CT molecular complexity index is 817. The van der Waals surface area contributed by atoms with E-state index in [1.807, 2.05) is 18.2 Å². The molecule has 0 spiro atoms. The molecule has 9 heteroatoms. The van der Waals surface area contributed by atoms with Crippen LogP contribution in [0.1, 0.15) is 57.8 Å². The van der Waals surface area contributed by atoms with Crippen LogP contribution >= 0.6 is 23.2 Å². The standard InChI is InChI=1S/C25H36Cl2F2N4O/c26-21-2-1-3-22(23(21)27)33-16-14-32(15-17-33)13-10-18-4-6-19(7-5-18)30-24(34)31-20-8-11-25(28,29)12-9-20/h1-3,18-20H,4-17H2,(H2,30,31,34). The van der Waals surface area contributed by atoms with Crippen LogP contribution in [0.2, 0.25) is 10.0 Å². The van der Waals surface area contributed by atoms with Gasteiger partial charge in [0.25, 0.3) is 0 Å². The number of carbonyl (C=O) groups excluding carboxylic acids is 1. The van der Waals surface area contributed by atoms with Gasteiger partial charge in [0.05, 0.1) is 15.7 Å². The number of benzene rings is 1. The lowest BCUT2D eigenvalue weighted by Gasteiger charge is -2.37. The monoisotopic (exact) mass is 516 g/mol. The van der Waals surface area contributed by atoms with E-state index in [2.05, 4.69) is 20.4 Å². The Kier molecular flexibility index (Phi) is 8.81. The topological polar surface area (TPSA) is 47.6 Å². The van der Waals surface area contributed by atoms with Crippen LogP contribution in [0.15, 0.2) is 18.2 Å². The van der Waals surface area contributed by atoms with Gasteiger partial charge in [0, 0.05) is 51.1 Å². The highest BCUT2D eigenvalue weighted by atomic mass is 35.5. The van der Waals surface area contributed by atoms with Gasteiger partial charge in [0.15, 0.2) is 0 Å². The van der Waals surface area contributed by atoms with E-state index >= 15 is 0 Å². The summed E-state index contributed by atoms with van der Waals surface area (Å²) < 4.78 is 26.6. The minimum Gasteiger partial charge on any atom is -0.368 e. The number of anilines is 1. The number of alkyl halides is 2. The molecule has 1 saturated heterocycles. The summed E-state index contributed by atoms with van der Waals surface area (Å²) >= 11 is 12.6. The first-order chi connectivity index (χ1) is 16.3. The Hall–Kier alpha value is -1.31. The molecule has 0 unspecified atom stereocenters. The lowest BCUT2D eigenvalue weighted by atomic mass is 9.84. The maximum Gasteiger partial charge on any atom is 0.315 e. The first kappa shape index (κ1) is 25.8. The number of halogens is 4. The summed E-state index contributed by atoms with van der Waals surface area (Å²) in [6.45, 7) is 5.04. The van der Waals surface area contributed by atoms with Gasteiger partial charge in [-0.1, -0.05) is 29.3 Å². The molecule has 1 aromatic carbocycles. The van der Waals surface area contributed by atoms with Crippen molar-refractivity contribution in [2.24, 2.45) is 5.92 Å². The second kappa shape index (κ2) is 11.6. The van der Waals surface area contributed by atoms with Crippen molar-refractivity contribution >= 4 is 34.9 Å². The van der Waals surface area contributed by atoms with E-state index in [4.69, 9.17) is 23.2 Å². The zero-order chi connectivity index (χ0) is 24.1. The number of nitrogens with one attached hydrogen (secondary N) is 2. The molecule has 0 bridgehead atoms. The highest BCUT2D eigenvalue weighted by Gasteiger charge is 2.35. The summed E-state index contributed by atoms with van der Waals surface area (Å²) in [6, 6.07) is 5.65. The summed E-state index contributed by atoms with van der Waals surface area (Å²) in [5.74, 6) is -1.87. The number of carbonyl (C=O) groups is 1. The van der Waals surface area contributed by atoms with Gasteiger partial charge in [-0.05, 0) is 69.5 Å². The van der Waals surface area contributed by atoms with Crippen molar-refractivity contribution in [2.75, 3.05) is 37.6 Å². The summed E-state index contributed by atoms with van der Waals surface area (Å²) in [6.07, 6.45) is 5.86. The Labute approximate surface area is 211 Å². The molecule has 4 rings (SSSR count). The number of hydrogen-bond acceptors (Lipinski definition) is 3. The van der Waals surface area contributed by atoms with E-state index < -0.39 is 5.92 Å². The number of amides is 2. The van der Waals surface area contributed by atoms with Crippen molar-refractivity contribution in [1.29, 1.82) is 0 Å². The predicted molar refractivity (Wildman–Crippen MR) is 134 cm³/mol. The van der Waals surface area contributed by atoms with E-state index in [9.17, 15) is 13.6 Å². The molecule has 1 heterocycles. The highest BCUT2D eigenvalue weighted by Crippen LogP contribution is 2.34. The Morgan fingerprint density at radius 2 is 1.56 bits per heavy atom. The molecule has 0 aromatic heterocycles. The number of hydrogen-bond donors (Lipinski definition) is 2. The fraction of sp³-hybridized carbons (Fsp3) is 0.720. The lowest BCUT2D eigenvalue weighted by molar-refractivity contribution is -0.0395. The van der Waals surface area contributed by atoms with Gasteiger partial charge >= 0.3 is 6.03 Å². The maximum absolute atomic E-state index is 13.3. The van der Waals surface area contributed by atoms with E-state index in [-0.39, 0.29) is 31.0 Å². The number of urea groups is 1. The van der Waals surface area contributed by atoms with Crippen LogP contribution in [0.5, 0.6) is 0 Å². The zero-order valence-corrected chi connectivity index (χ0v) is 21.2. The van der Waals surface area contributed by atoms with Gasteiger partial charge in [0.2, 0.25) is 5.92 Å². The quantitative estimate of drug-likeness (QED) is 0.491. The molecule has 2 aliphatic carbocycles.